The van der Waals surface area contributed by atoms with Crippen LogP contribution in [0, 0.1) is 0 Å². The maximum atomic E-state index is 6.13. The number of nitrogens with zero attached hydrogens (tertiary/aromatic N) is 3. The van der Waals surface area contributed by atoms with Crippen LogP contribution in [0.4, 0.5) is 5.82 Å². The Bertz CT molecular complexity index is 490. The zero-order chi connectivity index (χ0) is 12.8. The molecule has 7 heteroatoms. The molecule has 2 heterocycles. The highest BCUT2D eigenvalue weighted by molar-refractivity contribution is 8.00. The third kappa shape index (κ3) is 3.83. The van der Waals surface area contributed by atoms with Gasteiger partial charge in [-0.1, -0.05) is 41.6 Å². The molecule has 1 N–H and O–H groups in total. The Hall–Kier alpha value is -0.850. The standard InChI is InChI=1S/C11H13ClN4S2/c1-2-5-13-10-4-3-8(12)9(15-10)6-17-11-16-14-7-18-11/h3-4,7H,2,5-6H2,1H3,(H,13,15). The second kappa shape index (κ2) is 6.92. The van der Waals surface area contributed by atoms with Crippen LogP contribution in [0.1, 0.15) is 19.0 Å². The van der Waals surface area contributed by atoms with Crippen LogP contribution < -0.4 is 5.32 Å². The molecule has 0 amide bonds. The number of pyridine rings is 1. The van der Waals surface area contributed by atoms with Crippen LogP contribution >= 0.6 is 34.7 Å². The van der Waals surface area contributed by atoms with Crippen molar-refractivity contribution in [2.24, 2.45) is 0 Å². The van der Waals surface area contributed by atoms with Crippen molar-refractivity contribution in [3.8, 4) is 0 Å². The molecule has 2 aromatic heterocycles. The third-order valence-electron chi connectivity index (χ3n) is 2.15. The fourth-order valence-electron chi connectivity index (χ4n) is 1.29. The van der Waals surface area contributed by atoms with Crippen LogP contribution in [-0.2, 0) is 5.75 Å². The van der Waals surface area contributed by atoms with Gasteiger partial charge in [0, 0.05) is 12.3 Å². The zero-order valence-electron chi connectivity index (χ0n) is 9.89. The molecule has 0 radical (unpaired) electrons. The third-order valence-corrected chi connectivity index (χ3v) is 4.36. The smallest absolute Gasteiger partial charge is 0.174 e. The summed E-state index contributed by atoms with van der Waals surface area (Å²) in [6.07, 6.45) is 1.07. The van der Waals surface area contributed by atoms with Crippen LogP contribution in [0.15, 0.2) is 22.0 Å². The van der Waals surface area contributed by atoms with Gasteiger partial charge in [-0.2, -0.15) is 0 Å². The molecule has 0 aliphatic heterocycles. The summed E-state index contributed by atoms with van der Waals surface area (Å²) in [5, 5.41) is 11.7. The fourth-order valence-corrected chi connectivity index (χ4v) is 2.99. The Morgan fingerprint density at radius 3 is 3.06 bits per heavy atom. The quantitative estimate of drug-likeness (QED) is 0.824. The monoisotopic (exact) mass is 300 g/mol. The predicted molar refractivity (Wildman–Crippen MR) is 77.5 cm³/mol. The van der Waals surface area contributed by atoms with Gasteiger partial charge in [-0.05, 0) is 18.6 Å². The lowest BCUT2D eigenvalue weighted by atomic mass is 10.3. The lowest BCUT2D eigenvalue weighted by Crippen LogP contribution is -2.03. The lowest BCUT2D eigenvalue weighted by molar-refractivity contribution is 0.964. The van der Waals surface area contributed by atoms with Gasteiger partial charge in [-0.3, -0.25) is 0 Å². The van der Waals surface area contributed by atoms with Gasteiger partial charge < -0.3 is 5.32 Å². The van der Waals surface area contributed by atoms with Gasteiger partial charge in [-0.25, -0.2) is 4.98 Å². The van der Waals surface area contributed by atoms with Gasteiger partial charge in [0.25, 0.3) is 0 Å². The van der Waals surface area contributed by atoms with Gasteiger partial charge in [0.1, 0.15) is 11.3 Å². The molecule has 0 saturated heterocycles. The Balaban J connectivity index is 2.01. The number of hydrogen-bond acceptors (Lipinski definition) is 6. The summed E-state index contributed by atoms with van der Waals surface area (Å²) in [6.45, 7) is 3.03. The molecular formula is C11H13ClN4S2. The van der Waals surface area contributed by atoms with Gasteiger partial charge >= 0.3 is 0 Å². The molecule has 0 fully saturated rings. The minimum absolute atomic E-state index is 0.689. The van der Waals surface area contributed by atoms with Crippen molar-refractivity contribution in [3.63, 3.8) is 0 Å². The van der Waals surface area contributed by atoms with Crippen molar-refractivity contribution in [2.45, 2.75) is 23.4 Å². The van der Waals surface area contributed by atoms with Crippen LogP contribution in [0.2, 0.25) is 5.02 Å². The minimum Gasteiger partial charge on any atom is -0.370 e. The van der Waals surface area contributed by atoms with Crippen LogP contribution in [0.5, 0.6) is 0 Å². The zero-order valence-corrected chi connectivity index (χ0v) is 12.3. The second-order valence-electron chi connectivity index (χ2n) is 3.55. The van der Waals surface area contributed by atoms with Crippen molar-refractivity contribution < 1.29 is 0 Å². The Kier molecular flexibility index (Phi) is 5.22. The van der Waals surface area contributed by atoms with Gasteiger partial charge in [-0.15, -0.1) is 10.2 Å². The van der Waals surface area contributed by atoms with E-state index in [4.69, 9.17) is 11.6 Å². The molecule has 18 heavy (non-hydrogen) atoms. The average molecular weight is 301 g/mol. The van der Waals surface area contributed by atoms with Gasteiger partial charge in [0.15, 0.2) is 4.34 Å². The number of hydrogen-bond donors (Lipinski definition) is 1. The Morgan fingerprint density at radius 2 is 2.33 bits per heavy atom. The summed E-state index contributed by atoms with van der Waals surface area (Å²) >= 11 is 9.25. The van der Waals surface area contributed by atoms with Gasteiger partial charge in [0.2, 0.25) is 0 Å². The summed E-state index contributed by atoms with van der Waals surface area (Å²) in [4.78, 5) is 4.50. The van der Waals surface area contributed by atoms with E-state index >= 15 is 0 Å². The van der Waals surface area contributed by atoms with Gasteiger partial charge in [0.05, 0.1) is 10.7 Å². The molecule has 0 saturated carbocycles. The maximum absolute atomic E-state index is 6.13. The number of rotatable bonds is 6. The van der Waals surface area contributed by atoms with Crippen molar-refractivity contribution in [1.29, 1.82) is 0 Å². The van der Waals surface area contributed by atoms with Crippen molar-refractivity contribution >= 4 is 40.5 Å². The minimum atomic E-state index is 0.689. The average Bonchev–Trinajstić information content (AvgIpc) is 2.89. The van der Waals surface area contributed by atoms with E-state index in [0.717, 1.165) is 28.8 Å². The number of anilines is 1. The first-order chi connectivity index (χ1) is 8.79. The molecule has 0 aliphatic rings. The van der Waals surface area contributed by atoms with Crippen LogP contribution in [0.25, 0.3) is 0 Å². The highest BCUT2D eigenvalue weighted by Gasteiger charge is 2.06. The molecule has 2 rings (SSSR count). The normalized spacial score (nSPS) is 10.6. The molecule has 0 aromatic carbocycles. The second-order valence-corrected chi connectivity index (χ2v) is 6.01. The molecule has 4 nitrogen and oxygen atoms in total. The van der Waals surface area contributed by atoms with E-state index in [0.29, 0.717) is 10.8 Å². The lowest BCUT2D eigenvalue weighted by Gasteiger charge is -2.07. The number of halogens is 1. The van der Waals surface area contributed by atoms with E-state index in [2.05, 4.69) is 27.4 Å². The first kappa shape index (κ1) is 13.6. The SMILES string of the molecule is CCCNc1ccc(Cl)c(CSc2nncs2)n1. The summed E-state index contributed by atoms with van der Waals surface area (Å²) in [6, 6.07) is 3.78. The topological polar surface area (TPSA) is 50.7 Å². The van der Waals surface area contributed by atoms with Crippen molar-refractivity contribution in [2.75, 3.05) is 11.9 Å². The van der Waals surface area contributed by atoms with Crippen molar-refractivity contribution in [3.05, 3.63) is 28.4 Å². The Morgan fingerprint density at radius 1 is 1.44 bits per heavy atom. The largest absolute Gasteiger partial charge is 0.370 e. The van der Waals surface area contributed by atoms with E-state index in [9.17, 15) is 0 Å². The maximum Gasteiger partial charge on any atom is 0.174 e. The highest BCUT2D eigenvalue weighted by Crippen LogP contribution is 2.27. The van der Waals surface area contributed by atoms with E-state index < -0.39 is 0 Å². The predicted octanol–water partition coefficient (Wildman–Crippen LogP) is 3.70. The molecule has 0 aliphatic carbocycles. The van der Waals surface area contributed by atoms with E-state index in [1.165, 1.54) is 11.3 Å². The summed E-state index contributed by atoms with van der Waals surface area (Å²) in [7, 11) is 0. The summed E-state index contributed by atoms with van der Waals surface area (Å²) < 4.78 is 0.930. The van der Waals surface area contributed by atoms with Crippen LogP contribution in [0.3, 0.4) is 0 Å². The first-order valence-corrected chi connectivity index (χ1v) is 7.82. The van der Waals surface area contributed by atoms with E-state index in [1.54, 1.807) is 17.3 Å². The summed E-state index contributed by atoms with van der Waals surface area (Å²) in [5.74, 6) is 1.57. The molecule has 0 atom stereocenters. The number of aromatic nitrogens is 3. The Labute approximate surface area is 119 Å². The fraction of sp³-hybridized carbons (Fsp3) is 0.364. The molecule has 0 spiro atoms. The van der Waals surface area contributed by atoms with Crippen molar-refractivity contribution in [1.82, 2.24) is 15.2 Å². The van der Waals surface area contributed by atoms with E-state index in [1.807, 2.05) is 12.1 Å². The molecule has 2 aromatic rings. The summed E-state index contributed by atoms with van der Waals surface area (Å²) in [5.41, 5.74) is 2.59. The molecule has 0 bridgehead atoms. The molecular weight excluding hydrogens is 288 g/mol. The molecule has 96 valence electrons. The van der Waals surface area contributed by atoms with Crippen LogP contribution in [-0.4, -0.2) is 21.7 Å². The number of thioether (sulfide) groups is 1. The number of nitrogens with one attached hydrogen (secondary N) is 1. The first-order valence-electron chi connectivity index (χ1n) is 5.58. The highest BCUT2D eigenvalue weighted by atomic mass is 35.5. The molecule has 0 unspecified atom stereocenters. The van der Waals surface area contributed by atoms with E-state index in [-0.39, 0.29) is 0 Å².